The van der Waals surface area contributed by atoms with Gasteiger partial charge in [0.1, 0.15) is 11.9 Å². The van der Waals surface area contributed by atoms with Gasteiger partial charge >= 0.3 is 0 Å². The average molecular weight is 393 g/mol. The molecule has 3 heterocycles. The van der Waals surface area contributed by atoms with Gasteiger partial charge < -0.3 is 19.3 Å². The van der Waals surface area contributed by atoms with Crippen molar-refractivity contribution in [3.8, 4) is 5.75 Å². The zero-order valence-corrected chi connectivity index (χ0v) is 16.6. The van der Waals surface area contributed by atoms with E-state index in [9.17, 15) is 13.5 Å². The number of fused-ring (bicyclic) bond motifs is 1. The topological polar surface area (TPSA) is 71.8 Å². The number of rotatable bonds is 4. The van der Waals surface area contributed by atoms with Crippen molar-refractivity contribution in [2.45, 2.75) is 37.4 Å². The molecule has 0 spiro atoms. The fourth-order valence-corrected chi connectivity index (χ4v) is 5.82. The Hall–Kier alpha value is -1.57. The van der Waals surface area contributed by atoms with Crippen LogP contribution in [0.15, 0.2) is 30.5 Å². The molecule has 7 heteroatoms. The summed E-state index contributed by atoms with van der Waals surface area (Å²) in [6.45, 7) is 2.29. The van der Waals surface area contributed by atoms with Crippen LogP contribution in [0.25, 0.3) is 10.9 Å². The lowest BCUT2D eigenvalue weighted by Crippen LogP contribution is -2.50. The number of ether oxygens (including phenoxy) is 1. The molecule has 2 saturated heterocycles. The zero-order chi connectivity index (χ0) is 19.1. The number of likely N-dealkylation sites (tertiary alicyclic amines) is 1. The molecule has 2 aromatic rings. The van der Waals surface area contributed by atoms with E-state index in [-0.39, 0.29) is 17.6 Å². The molecule has 0 saturated carbocycles. The molecule has 2 fully saturated rings. The van der Waals surface area contributed by atoms with Crippen molar-refractivity contribution >= 4 is 20.7 Å². The highest BCUT2D eigenvalue weighted by Crippen LogP contribution is 2.30. The molecule has 4 rings (SSSR count). The first-order valence-electron chi connectivity index (χ1n) is 9.70. The molecular weight excluding hydrogens is 364 g/mol. The van der Waals surface area contributed by atoms with Crippen molar-refractivity contribution in [2.75, 3.05) is 31.1 Å². The first kappa shape index (κ1) is 18.8. The van der Waals surface area contributed by atoms with Gasteiger partial charge in [-0.3, -0.25) is 0 Å². The van der Waals surface area contributed by atoms with E-state index in [1.165, 1.54) is 5.52 Å². The van der Waals surface area contributed by atoms with Crippen molar-refractivity contribution in [3.63, 3.8) is 0 Å². The van der Waals surface area contributed by atoms with Crippen molar-refractivity contribution in [1.29, 1.82) is 0 Å². The van der Waals surface area contributed by atoms with Gasteiger partial charge in [0, 0.05) is 38.3 Å². The number of benzene rings is 1. The van der Waals surface area contributed by atoms with Crippen LogP contribution >= 0.6 is 0 Å². The largest absolute Gasteiger partial charge is 0.490 e. The summed E-state index contributed by atoms with van der Waals surface area (Å²) in [6.07, 6.45) is 4.75. The van der Waals surface area contributed by atoms with E-state index in [1.807, 2.05) is 25.4 Å². The van der Waals surface area contributed by atoms with Crippen LogP contribution in [-0.2, 0) is 16.9 Å². The third-order valence-electron chi connectivity index (χ3n) is 5.99. The molecule has 0 amide bonds. The number of hydrogen-bond acceptors (Lipinski definition) is 5. The van der Waals surface area contributed by atoms with Crippen molar-refractivity contribution in [3.05, 3.63) is 30.5 Å². The second-order valence-corrected chi connectivity index (χ2v) is 10.4. The number of aryl methyl sites for hydroxylation is 1. The van der Waals surface area contributed by atoms with Crippen LogP contribution < -0.4 is 4.74 Å². The van der Waals surface area contributed by atoms with Gasteiger partial charge in [0.2, 0.25) is 0 Å². The van der Waals surface area contributed by atoms with Crippen LogP contribution in [0.4, 0.5) is 0 Å². The maximum absolute atomic E-state index is 11.6. The second kappa shape index (κ2) is 7.11. The molecule has 0 bridgehead atoms. The van der Waals surface area contributed by atoms with Crippen LogP contribution in [0.1, 0.15) is 25.7 Å². The van der Waals surface area contributed by atoms with E-state index in [2.05, 4.69) is 21.6 Å². The van der Waals surface area contributed by atoms with Crippen molar-refractivity contribution in [1.82, 2.24) is 9.47 Å². The molecule has 0 radical (unpaired) electrons. The third kappa shape index (κ3) is 4.15. The number of nitrogens with zero attached hydrogens (tertiary/aromatic N) is 2. The Morgan fingerprint density at radius 3 is 2.59 bits per heavy atom. The highest BCUT2D eigenvalue weighted by atomic mass is 32.2. The summed E-state index contributed by atoms with van der Waals surface area (Å²) in [6, 6.07) is 8.24. The van der Waals surface area contributed by atoms with Crippen molar-refractivity contribution in [2.24, 2.45) is 7.05 Å². The van der Waals surface area contributed by atoms with E-state index in [4.69, 9.17) is 4.74 Å². The Bertz CT molecular complexity index is 899. The van der Waals surface area contributed by atoms with Gasteiger partial charge in [-0.05, 0) is 43.9 Å². The minimum Gasteiger partial charge on any atom is -0.490 e. The maximum atomic E-state index is 11.6. The molecule has 27 heavy (non-hydrogen) atoms. The van der Waals surface area contributed by atoms with Crippen LogP contribution in [0.3, 0.4) is 0 Å². The predicted octanol–water partition coefficient (Wildman–Crippen LogP) is 1.96. The van der Waals surface area contributed by atoms with Gasteiger partial charge in [-0.15, -0.1) is 0 Å². The van der Waals surface area contributed by atoms with Crippen LogP contribution in [0, 0.1) is 0 Å². The second-order valence-electron chi connectivity index (χ2n) is 8.09. The normalized spacial score (nSPS) is 23.5. The van der Waals surface area contributed by atoms with Crippen LogP contribution in [0.5, 0.6) is 5.75 Å². The molecule has 148 valence electrons. The Morgan fingerprint density at radius 1 is 1.19 bits per heavy atom. The number of sulfone groups is 1. The van der Waals surface area contributed by atoms with E-state index in [0.29, 0.717) is 19.4 Å². The molecule has 6 nitrogen and oxygen atoms in total. The average Bonchev–Trinajstić information content (AvgIpc) is 3.02. The number of aliphatic hydroxyl groups is 1. The van der Waals surface area contributed by atoms with E-state index in [0.717, 1.165) is 37.1 Å². The van der Waals surface area contributed by atoms with Gasteiger partial charge in [0.05, 0.1) is 22.6 Å². The molecule has 2 aliphatic rings. The molecule has 1 aromatic carbocycles. The summed E-state index contributed by atoms with van der Waals surface area (Å²) >= 11 is 0. The summed E-state index contributed by atoms with van der Waals surface area (Å²) in [5.41, 5.74) is 0.300. The summed E-state index contributed by atoms with van der Waals surface area (Å²) in [7, 11) is -0.921. The fourth-order valence-electron chi connectivity index (χ4n) is 4.23. The van der Waals surface area contributed by atoms with Gasteiger partial charge in [-0.1, -0.05) is 6.07 Å². The molecule has 0 unspecified atom stereocenters. The predicted molar refractivity (Wildman–Crippen MR) is 106 cm³/mol. The lowest BCUT2D eigenvalue weighted by molar-refractivity contribution is -0.0184. The Labute approximate surface area is 160 Å². The highest BCUT2D eigenvalue weighted by Gasteiger charge is 2.37. The first-order valence-corrected chi connectivity index (χ1v) is 11.5. The highest BCUT2D eigenvalue weighted by molar-refractivity contribution is 7.91. The molecule has 2 aliphatic heterocycles. The van der Waals surface area contributed by atoms with E-state index in [1.54, 1.807) is 0 Å². The quantitative estimate of drug-likeness (QED) is 0.861. The number of piperidine rings is 1. The van der Waals surface area contributed by atoms with Crippen LogP contribution in [0.2, 0.25) is 0 Å². The molecule has 0 atom stereocenters. The first-order chi connectivity index (χ1) is 12.8. The summed E-state index contributed by atoms with van der Waals surface area (Å²) in [5, 5.41) is 11.9. The van der Waals surface area contributed by atoms with Crippen molar-refractivity contribution < 1.29 is 18.3 Å². The molecule has 1 N–H and O–H groups in total. The van der Waals surface area contributed by atoms with Gasteiger partial charge in [0.25, 0.3) is 0 Å². The van der Waals surface area contributed by atoms with E-state index >= 15 is 0 Å². The molecule has 0 aliphatic carbocycles. The molecular formula is C20H28N2O4S. The fraction of sp³-hybridized carbons (Fsp3) is 0.600. The number of hydrogen-bond donors (Lipinski definition) is 1. The number of β-amino-alcohol motifs (C(OH)–C–C–N with tert-alkyl or cyclic N) is 1. The van der Waals surface area contributed by atoms with Gasteiger partial charge in [0.15, 0.2) is 9.84 Å². The zero-order valence-electron chi connectivity index (χ0n) is 15.8. The van der Waals surface area contributed by atoms with Gasteiger partial charge in [-0.2, -0.15) is 0 Å². The maximum Gasteiger partial charge on any atom is 0.150 e. The Balaban J connectivity index is 1.33. The lowest BCUT2D eigenvalue weighted by Gasteiger charge is -2.39. The Morgan fingerprint density at radius 2 is 1.89 bits per heavy atom. The lowest BCUT2D eigenvalue weighted by atomic mass is 9.94. The molecule has 1 aromatic heterocycles. The summed E-state index contributed by atoms with van der Waals surface area (Å²) in [4.78, 5) is 2.25. The summed E-state index contributed by atoms with van der Waals surface area (Å²) < 4.78 is 31.6. The SMILES string of the molecule is Cn1ccc2c(OC3CCN(CC4(O)CCS(=O)(=O)CC4)CC3)cccc21. The van der Waals surface area contributed by atoms with Gasteiger partial charge in [-0.25, -0.2) is 8.42 Å². The minimum absolute atomic E-state index is 0.101. The Kier molecular flexibility index (Phi) is 4.94. The standard InChI is InChI=1S/C20H28N2O4S/c1-21-10-7-17-18(21)3-2-4-19(17)26-16-5-11-22(12-6-16)15-20(23)8-13-27(24,25)14-9-20/h2-4,7,10,16,23H,5-6,8-9,11-15H2,1H3. The monoisotopic (exact) mass is 392 g/mol. The van der Waals surface area contributed by atoms with E-state index < -0.39 is 15.4 Å². The summed E-state index contributed by atoms with van der Waals surface area (Å²) in [5.74, 6) is 1.14. The minimum atomic E-state index is -2.95. The van der Waals surface area contributed by atoms with Crippen LogP contribution in [-0.4, -0.2) is 65.8 Å². The smallest absolute Gasteiger partial charge is 0.150 e. The third-order valence-corrected chi connectivity index (χ3v) is 7.64. The number of aromatic nitrogens is 1.